The minimum atomic E-state index is -0.347. The summed E-state index contributed by atoms with van der Waals surface area (Å²) in [5.41, 5.74) is 0. The van der Waals surface area contributed by atoms with Gasteiger partial charge < -0.3 is 10.2 Å². The van der Waals surface area contributed by atoms with Crippen LogP contribution in [0.5, 0.6) is 0 Å². The molecule has 0 aromatic rings. The lowest BCUT2D eigenvalue weighted by Crippen LogP contribution is -2.66. The summed E-state index contributed by atoms with van der Waals surface area (Å²) in [6.07, 6.45) is 8.29. The van der Waals surface area contributed by atoms with Crippen molar-refractivity contribution >= 4 is 11.8 Å². The summed E-state index contributed by atoms with van der Waals surface area (Å²) in [6, 6.07) is -0.668. The fourth-order valence-corrected chi connectivity index (χ4v) is 3.68. The van der Waals surface area contributed by atoms with Crippen LogP contribution in [0.1, 0.15) is 52.4 Å². The second kappa shape index (κ2) is 7.10. The number of nitrogens with zero attached hydrogens (tertiary/aromatic N) is 1. The Labute approximate surface area is 128 Å². The number of hydrogen-bond acceptors (Lipinski definition) is 2. The van der Waals surface area contributed by atoms with Crippen LogP contribution in [0.4, 0.5) is 0 Å². The molecule has 1 saturated carbocycles. The summed E-state index contributed by atoms with van der Waals surface area (Å²) < 4.78 is 0. The topological polar surface area (TPSA) is 49.4 Å². The maximum absolute atomic E-state index is 12.9. The van der Waals surface area contributed by atoms with Gasteiger partial charge in [-0.25, -0.2) is 0 Å². The van der Waals surface area contributed by atoms with Gasteiger partial charge in [0.15, 0.2) is 0 Å². The van der Waals surface area contributed by atoms with Gasteiger partial charge in [0, 0.05) is 6.54 Å². The van der Waals surface area contributed by atoms with Crippen molar-refractivity contribution < 1.29 is 9.59 Å². The molecule has 2 rings (SSSR count). The summed E-state index contributed by atoms with van der Waals surface area (Å²) in [5, 5.41) is 3.03. The third-order valence-corrected chi connectivity index (χ3v) is 5.08. The number of rotatable bonds is 5. The van der Waals surface area contributed by atoms with Crippen LogP contribution in [0, 0.1) is 11.8 Å². The molecular weight excluding hydrogens is 264 g/mol. The Hall–Kier alpha value is -1.32. The molecule has 4 nitrogen and oxygen atoms in total. The fraction of sp³-hybridized carbons (Fsp3) is 0.765. The van der Waals surface area contributed by atoms with E-state index < -0.39 is 0 Å². The molecule has 2 fully saturated rings. The Morgan fingerprint density at radius 1 is 1.33 bits per heavy atom. The summed E-state index contributed by atoms with van der Waals surface area (Å²) in [5.74, 6) is 0.578. The molecule has 3 atom stereocenters. The van der Waals surface area contributed by atoms with E-state index in [1.807, 2.05) is 6.92 Å². The molecule has 1 aliphatic carbocycles. The van der Waals surface area contributed by atoms with Gasteiger partial charge in [-0.3, -0.25) is 9.59 Å². The van der Waals surface area contributed by atoms with Crippen molar-refractivity contribution in [2.24, 2.45) is 11.8 Å². The number of piperazine rings is 1. The predicted molar refractivity (Wildman–Crippen MR) is 83.7 cm³/mol. The minimum Gasteiger partial charge on any atom is -0.342 e. The molecule has 0 spiro atoms. The van der Waals surface area contributed by atoms with Crippen molar-refractivity contribution in [1.29, 1.82) is 0 Å². The summed E-state index contributed by atoms with van der Waals surface area (Å²) in [4.78, 5) is 27.1. The monoisotopic (exact) mass is 292 g/mol. The molecule has 1 N–H and O–H groups in total. The first-order valence-electron chi connectivity index (χ1n) is 8.31. The van der Waals surface area contributed by atoms with Crippen LogP contribution < -0.4 is 5.32 Å². The van der Waals surface area contributed by atoms with Crippen molar-refractivity contribution in [2.75, 3.05) is 6.54 Å². The van der Waals surface area contributed by atoms with Crippen LogP contribution in [0.25, 0.3) is 0 Å². The molecule has 2 aliphatic rings. The van der Waals surface area contributed by atoms with Crippen LogP contribution in [0.3, 0.4) is 0 Å². The van der Waals surface area contributed by atoms with Gasteiger partial charge in [-0.15, -0.1) is 6.58 Å². The van der Waals surface area contributed by atoms with E-state index in [1.54, 1.807) is 11.0 Å². The molecule has 4 heteroatoms. The highest BCUT2D eigenvalue weighted by molar-refractivity contribution is 5.97. The van der Waals surface area contributed by atoms with Gasteiger partial charge in [0.1, 0.15) is 12.1 Å². The first kappa shape index (κ1) is 16.1. The Morgan fingerprint density at radius 3 is 2.57 bits per heavy atom. The molecule has 1 heterocycles. The van der Waals surface area contributed by atoms with Gasteiger partial charge in [-0.2, -0.15) is 0 Å². The van der Waals surface area contributed by atoms with Crippen LogP contribution in [0.15, 0.2) is 12.7 Å². The molecule has 0 aromatic heterocycles. The van der Waals surface area contributed by atoms with Crippen molar-refractivity contribution in [2.45, 2.75) is 64.5 Å². The second-order valence-corrected chi connectivity index (χ2v) is 6.49. The van der Waals surface area contributed by atoms with Crippen LogP contribution in [-0.4, -0.2) is 35.3 Å². The zero-order chi connectivity index (χ0) is 15.4. The largest absolute Gasteiger partial charge is 0.342 e. The Kier molecular flexibility index (Phi) is 5.43. The predicted octanol–water partition coefficient (Wildman–Crippen LogP) is 2.49. The highest BCUT2D eigenvalue weighted by Gasteiger charge is 2.44. The van der Waals surface area contributed by atoms with E-state index in [1.165, 1.54) is 19.3 Å². The maximum Gasteiger partial charge on any atom is 0.246 e. The Balaban J connectivity index is 2.19. The number of amides is 2. The van der Waals surface area contributed by atoms with E-state index in [-0.39, 0.29) is 29.8 Å². The van der Waals surface area contributed by atoms with E-state index in [4.69, 9.17) is 0 Å². The molecular formula is C17H28N2O2. The number of nitrogens with one attached hydrogen (secondary N) is 1. The van der Waals surface area contributed by atoms with Crippen molar-refractivity contribution in [3.05, 3.63) is 12.7 Å². The third kappa shape index (κ3) is 3.30. The van der Waals surface area contributed by atoms with E-state index >= 15 is 0 Å². The first-order chi connectivity index (χ1) is 10.1. The van der Waals surface area contributed by atoms with E-state index in [9.17, 15) is 9.59 Å². The quantitative estimate of drug-likeness (QED) is 0.792. The normalized spacial score (nSPS) is 29.1. The van der Waals surface area contributed by atoms with Crippen molar-refractivity contribution in [3.63, 3.8) is 0 Å². The highest BCUT2D eigenvalue weighted by Crippen LogP contribution is 2.30. The lowest BCUT2D eigenvalue weighted by atomic mass is 9.81. The van der Waals surface area contributed by atoms with Crippen molar-refractivity contribution in [1.82, 2.24) is 10.2 Å². The molecule has 1 aliphatic heterocycles. The summed E-state index contributed by atoms with van der Waals surface area (Å²) in [6.45, 7) is 8.30. The Morgan fingerprint density at radius 2 is 2.00 bits per heavy atom. The summed E-state index contributed by atoms with van der Waals surface area (Å²) >= 11 is 0. The Bertz CT molecular complexity index is 402. The van der Waals surface area contributed by atoms with Crippen molar-refractivity contribution in [3.8, 4) is 0 Å². The van der Waals surface area contributed by atoms with Gasteiger partial charge in [-0.05, 0) is 24.7 Å². The molecule has 21 heavy (non-hydrogen) atoms. The zero-order valence-corrected chi connectivity index (χ0v) is 13.3. The smallest absolute Gasteiger partial charge is 0.246 e. The summed E-state index contributed by atoms with van der Waals surface area (Å²) in [7, 11) is 0. The lowest BCUT2D eigenvalue weighted by Gasteiger charge is -2.43. The number of hydrogen-bond donors (Lipinski definition) is 1. The lowest BCUT2D eigenvalue weighted by molar-refractivity contribution is -0.152. The van der Waals surface area contributed by atoms with Crippen LogP contribution in [0.2, 0.25) is 0 Å². The van der Waals surface area contributed by atoms with E-state index in [0.717, 1.165) is 19.3 Å². The SMILES string of the molecule is C=CCN1C(=O)C(C2CCCCC2)NC(=O)C1C(C)CC. The van der Waals surface area contributed by atoms with Crippen LogP contribution in [-0.2, 0) is 9.59 Å². The molecule has 3 unspecified atom stereocenters. The molecule has 2 amide bonds. The second-order valence-electron chi connectivity index (χ2n) is 6.49. The molecule has 0 radical (unpaired) electrons. The standard InChI is InChI=1S/C17H28N2O2/c1-4-11-19-15(12(3)5-2)16(20)18-14(17(19)21)13-9-7-6-8-10-13/h4,12-15H,1,5-11H2,2-3H3,(H,18,20). The number of carbonyl (C=O) groups is 2. The van der Waals surface area contributed by atoms with E-state index in [2.05, 4.69) is 18.8 Å². The van der Waals surface area contributed by atoms with Gasteiger partial charge in [-0.1, -0.05) is 45.6 Å². The molecule has 1 saturated heterocycles. The molecule has 0 bridgehead atoms. The molecule has 0 aromatic carbocycles. The maximum atomic E-state index is 12.9. The first-order valence-corrected chi connectivity index (χ1v) is 8.31. The van der Waals surface area contributed by atoms with Gasteiger partial charge in [0.2, 0.25) is 11.8 Å². The van der Waals surface area contributed by atoms with Gasteiger partial charge >= 0.3 is 0 Å². The minimum absolute atomic E-state index is 0.0152. The average molecular weight is 292 g/mol. The highest BCUT2D eigenvalue weighted by atomic mass is 16.2. The average Bonchev–Trinajstić information content (AvgIpc) is 2.51. The zero-order valence-electron chi connectivity index (χ0n) is 13.3. The van der Waals surface area contributed by atoms with Gasteiger partial charge in [0.05, 0.1) is 0 Å². The molecule has 118 valence electrons. The number of carbonyl (C=O) groups excluding carboxylic acids is 2. The van der Waals surface area contributed by atoms with E-state index in [0.29, 0.717) is 12.5 Å². The van der Waals surface area contributed by atoms with Crippen LogP contribution >= 0.6 is 0 Å². The third-order valence-electron chi connectivity index (χ3n) is 5.08. The van der Waals surface area contributed by atoms with Gasteiger partial charge in [0.25, 0.3) is 0 Å². The fourth-order valence-electron chi connectivity index (χ4n) is 3.68.